The van der Waals surface area contributed by atoms with Crippen molar-refractivity contribution in [1.82, 2.24) is 0 Å². The van der Waals surface area contributed by atoms with Crippen LogP contribution < -0.4 is 0 Å². The minimum atomic E-state index is -0.608. The minimum Gasteiger partial charge on any atom is -0.347 e. The van der Waals surface area contributed by atoms with Crippen LogP contribution >= 0.6 is 0 Å². The van der Waals surface area contributed by atoms with Crippen LogP contribution in [0.1, 0.15) is 31.4 Å². The molecule has 3 aliphatic heterocycles. The predicted octanol–water partition coefficient (Wildman–Crippen LogP) is 3.18. The zero-order chi connectivity index (χ0) is 12.9. The monoisotopic (exact) mass is 258 g/mol. The van der Waals surface area contributed by atoms with E-state index in [0.717, 1.165) is 25.0 Å². The van der Waals surface area contributed by atoms with Crippen molar-refractivity contribution in [1.29, 1.82) is 0 Å². The van der Waals surface area contributed by atoms with Crippen LogP contribution in [0.3, 0.4) is 0 Å². The molecule has 19 heavy (non-hydrogen) atoms. The van der Waals surface area contributed by atoms with Gasteiger partial charge in [-0.15, -0.1) is 0 Å². The lowest BCUT2D eigenvalue weighted by Gasteiger charge is -2.44. The molecule has 4 rings (SSSR count). The molecule has 4 atom stereocenters. The first-order valence-corrected chi connectivity index (χ1v) is 7.00. The van der Waals surface area contributed by atoms with E-state index < -0.39 is 5.79 Å². The molecule has 1 aromatic rings. The maximum absolute atomic E-state index is 6.11. The summed E-state index contributed by atoms with van der Waals surface area (Å²) in [6, 6.07) is 10.3. The van der Waals surface area contributed by atoms with Crippen molar-refractivity contribution < 1.29 is 14.2 Å². The Morgan fingerprint density at radius 1 is 1.21 bits per heavy atom. The molecular formula is C16H18O3. The van der Waals surface area contributed by atoms with Gasteiger partial charge in [-0.2, -0.15) is 0 Å². The summed E-state index contributed by atoms with van der Waals surface area (Å²) in [6.07, 6.45) is 3.91. The molecule has 2 fully saturated rings. The molecule has 0 amide bonds. The minimum absolute atomic E-state index is 0.127. The van der Waals surface area contributed by atoms with Crippen molar-refractivity contribution in [3.05, 3.63) is 47.5 Å². The smallest absolute Gasteiger partial charge is 0.208 e. The Morgan fingerprint density at radius 2 is 2.05 bits per heavy atom. The molecule has 0 saturated carbocycles. The van der Waals surface area contributed by atoms with E-state index in [9.17, 15) is 0 Å². The first kappa shape index (κ1) is 11.6. The topological polar surface area (TPSA) is 27.7 Å². The van der Waals surface area contributed by atoms with Gasteiger partial charge in [0.05, 0.1) is 6.61 Å². The molecule has 2 saturated heterocycles. The van der Waals surface area contributed by atoms with Gasteiger partial charge in [0.2, 0.25) is 5.79 Å². The largest absolute Gasteiger partial charge is 0.347 e. The maximum Gasteiger partial charge on any atom is 0.208 e. The third-order valence-corrected chi connectivity index (χ3v) is 4.44. The van der Waals surface area contributed by atoms with Crippen LogP contribution in [0.25, 0.3) is 0 Å². The Balaban J connectivity index is 1.79. The fourth-order valence-electron chi connectivity index (χ4n) is 3.58. The molecule has 0 N–H and O–H groups in total. The van der Waals surface area contributed by atoms with Gasteiger partial charge in [-0.05, 0) is 31.4 Å². The van der Waals surface area contributed by atoms with Gasteiger partial charge in [-0.1, -0.05) is 35.9 Å². The van der Waals surface area contributed by atoms with Crippen molar-refractivity contribution in [2.75, 3.05) is 6.61 Å². The standard InChI is InChI=1S/C16H18O3/c1-11-10-14-18-15(12-6-3-2-4-7-12)16(19-14)13(11)8-5-9-17-16/h2-4,6-7,10,13-15H,5,8-9H2,1H3/t13-,14+,15+,16-/m0/s1. The van der Waals surface area contributed by atoms with Crippen molar-refractivity contribution in [3.8, 4) is 0 Å². The Labute approximate surface area is 113 Å². The lowest BCUT2D eigenvalue weighted by Crippen LogP contribution is -2.50. The molecule has 3 heterocycles. The zero-order valence-corrected chi connectivity index (χ0v) is 11.0. The molecule has 1 aromatic carbocycles. The van der Waals surface area contributed by atoms with Crippen LogP contribution in [0, 0.1) is 5.92 Å². The second-order valence-electron chi connectivity index (χ2n) is 5.59. The van der Waals surface area contributed by atoms with E-state index in [4.69, 9.17) is 14.2 Å². The summed E-state index contributed by atoms with van der Waals surface area (Å²) in [5.74, 6) is -0.298. The van der Waals surface area contributed by atoms with Gasteiger partial charge in [-0.3, -0.25) is 0 Å². The third kappa shape index (κ3) is 1.62. The van der Waals surface area contributed by atoms with E-state index in [1.54, 1.807) is 0 Å². The van der Waals surface area contributed by atoms with Gasteiger partial charge >= 0.3 is 0 Å². The van der Waals surface area contributed by atoms with Gasteiger partial charge in [0.1, 0.15) is 6.10 Å². The highest BCUT2D eigenvalue weighted by atomic mass is 16.8. The van der Waals surface area contributed by atoms with Gasteiger partial charge in [0, 0.05) is 5.92 Å². The van der Waals surface area contributed by atoms with Gasteiger partial charge in [0.25, 0.3) is 0 Å². The summed E-state index contributed by atoms with van der Waals surface area (Å²) in [4.78, 5) is 0. The van der Waals surface area contributed by atoms with Crippen LogP contribution in [0.4, 0.5) is 0 Å². The molecule has 2 bridgehead atoms. The molecule has 0 unspecified atom stereocenters. The zero-order valence-electron chi connectivity index (χ0n) is 11.0. The number of rotatable bonds is 1. The SMILES string of the molecule is CC1=C[C@@H]2O[C@H](c3ccccc3)[C@@]3(OCCC[C@@H]13)O2. The molecule has 0 radical (unpaired) electrons. The second-order valence-corrected chi connectivity index (χ2v) is 5.59. The van der Waals surface area contributed by atoms with Crippen molar-refractivity contribution in [3.63, 3.8) is 0 Å². The fraction of sp³-hybridized carbons (Fsp3) is 0.500. The van der Waals surface area contributed by atoms with E-state index >= 15 is 0 Å². The highest BCUT2D eigenvalue weighted by Crippen LogP contribution is 2.54. The molecule has 3 heteroatoms. The molecule has 0 aromatic heterocycles. The van der Waals surface area contributed by atoms with E-state index in [0.29, 0.717) is 5.92 Å². The van der Waals surface area contributed by atoms with Crippen LogP contribution in [0.15, 0.2) is 42.0 Å². The Kier molecular flexibility index (Phi) is 2.56. The average Bonchev–Trinajstić information content (AvgIpc) is 2.73. The van der Waals surface area contributed by atoms with Crippen LogP contribution in [-0.2, 0) is 14.2 Å². The van der Waals surface area contributed by atoms with E-state index in [1.165, 1.54) is 5.57 Å². The van der Waals surface area contributed by atoms with Crippen LogP contribution in [0.2, 0.25) is 0 Å². The van der Waals surface area contributed by atoms with Crippen molar-refractivity contribution >= 4 is 0 Å². The van der Waals surface area contributed by atoms with Gasteiger partial charge < -0.3 is 14.2 Å². The number of benzene rings is 1. The molecule has 0 aliphatic carbocycles. The van der Waals surface area contributed by atoms with E-state index in [1.807, 2.05) is 18.2 Å². The van der Waals surface area contributed by atoms with Crippen molar-refractivity contribution in [2.24, 2.45) is 5.92 Å². The Hall–Kier alpha value is -1.16. The molecular weight excluding hydrogens is 240 g/mol. The molecule has 1 spiro atoms. The highest BCUT2D eigenvalue weighted by molar-refractivity contribution is 5.27. The third-order valence-electron chi connectivity index (χ3n) is 4.44. The quantitative estimate of drug-likeness (QED) is 0.724. The number of ether oxygens (including phenoxy) is 3. The highest BCUT2D eigenvalue weighted by Gasteiger charge is 2.59. The van der Waals surface area contributed by atoms with Crippen molar-refractivity contribution in [2.45, 2.75) is 37.9 Å². The first-order chi connectivity index (χ1) is 9.29. The van der Waals surface area contributed by atoms with Gasteiger partial charge in [-0.25, -0.2) is 0 Å². The van der Waals surface area contributed by atoms with E-state index in [-0.39, 0.29) is 12.4 Å². The Morgan fingerprint density at radius 3 is 2.89 bits per heavy atom. The molecule has 3 nitrogen and oxygen atoms in total. The fourth-order valence-corrected chi connectivity index (χ4v) is 3.58. The van der Waals surface area contributed by atoms with Crippen LogP contribution in [-0.4, -0.2) is 18.7 Å². The summed E-state index contributed by atoms with van der Waals surface area (Å²) in [7, 11) is 0. The number of hydrogen-bond acceptors (Lipinski definition) is 3. The maximum atomic E-state index is 6.11. The summed E-state index contributed by atoms with van der Waals surface area (Å²) in [5, 5.41) is 0. The lowest BCUT2D eigenvalue weighted by molar-refractivity contribution is -0.274. The first-order valence-electron chi connectivity index (χ1n) is 7.00. The Bertz CT molecular complexity index is 510. The summed E-state index contributed by atoms with van der Waals surface area (Å²) in [6.45, 7) is 2.92. The normalized spacial score (nSPS) is 40.7. The van der Waals surface area contributed by atoms with Gasteiger partial charge in [0.15, 0.2) is 6.29 Å². The molecule has 100 valence electrons. The number of fused-ring (bicyclic) bond motifs is 1. The summed E-state index contributed by atoms with van der Waals surface area (Å²) >= 11 is 0. The second kappa shape index (κ2) is 4.17. The summed E-state index contributed by atoms with van der Waals surface area (Å²) in [5.41, 5.74) is 2.48. The average molecular weight is 258 g/mol. The van der Waals surface area contributed by atoms with E-state index in [2.05, 4.69) is 25.1 Å². The van der Waals surface area contributed by atoms with Crippen LogP contribution in [0.5, 0.6) is 0 Å². The lowest BCUT2D eigenvalue weighted by atomic mass is 9.79. The predicted molar refractivity (Wildman–Crippen MR) is 70.3 cm³/mol. The molecule has 3 aliphatic rings. The number of hydrogen-bond donors (Lipinski definition) is 0. The summed E-state index contributed by atoms with van der Waals surface area (Å²) < 4.78 is 18.3.